The van der Waals surface area contributed by atoms with Crippen LogP contribution in [0.3, 0.4) is 0 Å². The van der Waals surface area contributed by atoms with Gasteiger partial charge in [-0.25, -0.2) is 0 Å². The van der Waals surface area contributed by atoms with Gasteiger partial charge in [-0.05, 0) is 56.1 Å². The molecule has 162 valence electrons. The fourth-order valence-corrected chi connectivity index (χ4v) is 5.49. The van der Waals surface area contributed by atoms with Crippen molar-refractivity contribution in [1.82, 2.24) is 9.80 Å². The average molecular weight is 429 g/mol. The lowest BCUT2D eigenvalue weighted by atomic mass is 9.70. The van der Waals surface area contributed by atoms with Crippen molar-refractivity contribution in [2.24, 2.45) is 5.92 Å². The molecule has 0 radical (unpaired) electrons. The molecule has 3 atom stereocenters. The number of benzene rings is 1. The molecule has 1 saturated carbocycles. The Balaban J connectivity index is 1.69. The van der Waals surface area contributed by atoms with E-state index in [1.165, 1.54) is 0 Å². The van der Waals surface area contributed by atoms with Gasteiger partial charge in [0, 0.05) is 50.1 Å². The van der Waals surface area contributed by atoms with E-state index < -0.39 is 5.60 Å². The minimum Gasteiger partial charge on any atom is -0.469 e. The fourth-order valence-electron chi connectivity index (χ4n) is 5.27. The molecule has 2 fully saturated rings. The molecule has 0 spiro atoms. The number of aliphatic hydroxyl groups is 1. The lowest BCUT2D eigenvalue weighted by Gasteiger charge is -2.44. The summed E-state index contributed by atoms with van der Waals surface area (Å²) < 4.78 is 5.84. The molecular formula is C25H33ClN2O2. The van der Waals surface area contributed by atoms with E-state index in [0.717, 1.165) is 68.9 Å². The van der Waals surface area contributed by atoms with E-state index in [1.807, 2.05) is 30.3 Å². The summed E-state index contributed by atoms with van der Waals surface area (Å²) in [7, 11) is 2.18. The number of furan rings is 1. The van der Waals surface area contributed by atoms with Gasteiger partial charge in [-0.2, -0.15) is 0 Å². The summed E-state index contributed by atoms with van der Waals surface area (Å²) in [5.41, 5.74) is 1.15. The van der Waals surface area contributed by atoms with Crippen LogP contribution in [0.2, 0.25) is 5.02 Å². The maximum Gasteiger partial charge on any atom is 0.113 e. The highest BCUT2D eigenvalue weighted by Crippen LogP contribution is 2.47. The largest absolute Gasteiger partial charge is 0.469 e. The molecule has 30 heavy (non-hydrogen) atoms. The Morgan fingerprint density at radius 2 is 2.00 bits per heavy atom. The molecule has 4 rings (SSSR count). The first-order valence-electron chi connectivity index (χ1n) is 11.0. The quantitative estimate of drug-likeness (QED) is 0.558. The van der Waals surface area contributed by atoms with Gasteiger partial charge in [0.1, 0.15) is 5.76 Å². The Morgan fingerprint density at radius 1 is 1.20 bits per heavy atom. The number of hydrogen-bond donors (Lipinski definition) is 1. The molecule has 2 aromatic rings. The first kappa shape index (κ1) is 21.6. The van der Waals surface area contributed by atoms with Crippen molar-refractivity contribution >= 4 is 11.6 Å². The number of likely N-dealkylation sites (N-methyl/N-ethyl adjacent to an activating group) is 1. The molecular weight excluding hydrogens is 396 g/mol. The van der Waals surface area contributed by atoms with Crippen LogP contribution in [0.25, 0.3) is 0 Å². The van der Waals surface area contributed by atoms with E-state index in [0.29, 0.717) is 11.4 Å². The maximum absolute atomic E-state index is 12.4. The summed E-state index contributed by atoms with van der Waals surface area (Å²) in [5, 5.41) is 13.1. The Labute approximate surface area is 185 Å². The fraction of sp³-hybridized carbons (Fsp3) is 0.520. The highest BCUT2D eigenvalue weighted by atomic mass is 35.5. The van der Waals surface area contributed by atoms with Crippen molar-refractivity contribution in [3.8, 4) is 0 Å². The van der Waals surface area contributed by atoms with Crippen molar-refractivity contribution in [3.05, 3.63) is 71.2 Å². The molecule has 1 aliphatic heterocycles. The maximum atomic E-state index is 12.4. The summed E-state index contributed by atoms with van der Waals surface area (Å²) in [5.74, 6) is 0.732. The highest BCUT2D eigenvalue weighted by molar-refractivity contribution is 6.30. The van der Waals surface area contributed by atoms with Crippen molar-refractivity contribution in [3.63, 3.8) is 0 Å². The normalized spacial score (nSPS) is 29.1. The van der Waals surface area contributed by atoms with Crippen molar-refractivity contribution in [2.45, 2.75) is 37.2 Å². The predicted octanol–water partition coefficient (Wildman–Crippen LogP) is 4.59. The average Bonchev–Trinajstić information content (AvgIpc) is 3.19. The van der Waals surface area contributed by atoms with Gasteiger partial charge in [-0.15, -0.1) is 0 Å². The van der Waals surface area contributed by atoms with Crippen LogP contribution in [-0.2, 0) is 6.42 Å². The SMILES string of the molecule is C=C1CCCC(CN2CCN(C)CC2)C(O)(Cc2cccc(Cl)c2)C1c1ccco1. The molecule has 1 saturated heterocycles. The first-order chi connectivity index (χ1) is 14.5. The molecule has 1 N–H and O–H groups in total. The zero-order chi connectivity index (χ0) is 21.1. The topological polar surface area (TPSA) is 39.9 Å². The van der Waals surface area contributed by atoms with Crippen LogP contribution in [0.5, 0.6) is 0 Å². The molecule has 0 bridgehead atoms. The van der Waals surface area contributed by atoms with Gasteiger partial charge >= 0.3 is 0 Å². The molecule has 4 nitrogen and oxygen atoms in total. The van der Waals surface area contributed by atoms with E-state index in [2.05, 4.69) is 29.5 Å². The van der Waals surface area contributed by atoms with Gasteiger partial charge in [0.15, 0.2) is 0 Å². The van der Waals surface area contributed by atoms with Gasteiger partial charge in [0.25, 0.3) is 0 Å². The zero-order valence-corrected chi connectivity index (χ0v) is 18.7. The van der Waals surface area contributed by atoms with Crippen LogP contribution in [0, 0.1) is 5.92 Å². The third-order valence-electron chi connectivity index (χ3n) is 6.94. The first-order valence-corrected chi connectivity index (χ1v) is 11.4. The summed E-state index contributed by atoms with van der Waals surface area (Å²) in [4.78, 5) is 4.89. The van der Waals surface area contributed by atoms with Gasteiger partial charge < -0.3 is 19.3 Å². The number of nitrogens with zero attached hydrogens (tertiary/aromatic N) is 2. The predicted molar refractivity (Wildman–Crippen MR) is 122 cm³/mol. The van der Waals surface area contributed by atoms with Crippen molar-refractivity contribution in [2.75, 3.05) is 39.8 Å². The van der Waals surface area contributed by atoms with Crippen LogP contribution in [0.1, 0.15) is 36.5 Å². The second-order valence-corrected chi connectivity index (χ2v) is 9.53. The summed E-state index contributed by atoms with van der Waals surface area (Å²) in [6, 6.07) is 11.8. The summed E-state index contributed by atoms with van der Waals surface area (Å²) >= 11 is 6.28. The molecule has 1 aromatic heterocycles. The van der Waals surface area contributed by atoms with Crippen LogP contribution in [0.15, 0.2) is 59.2 Å². The molecule has 1 aromatic carbocycles. The number of halogens is 1. The standard InChI is InChI=1S/C25H33ClN2O2/c1-19-6-3-8-21(18-28-13-11-27(2)12-14-28)25(29,24(19)23-10-5-15-30-23)17-20-7-4-9-22(26)16-20/h4-5,7,9-10,15-16,21,24,29H,1,3,6,8,11-14,17-18H2,2H3. The van der Waals surface area contributed by atoms with Gasteiger partial charge in [0.2, 0.25) is 0 Å². The highest BCUT2D eigenvalue weighted by Gasteiger charge is 2.48. The van der Waals surface area contributed by atoms with Gasteiger partial charge in [0.05, 0.1) is 17.8 Å². The number of piperazine rings is 1. The molecule has 2 aliphatic rings. The minimum absolute atomic E-state index is 0.134. The van der Waals surface area contributed by atoms with E-state index in [-0.39, 0.29) is 11.8 Å². The second kappa shape index (κ2) is 9.27. The smallest absolute Gasteiger partial charge is 0.113 e. The summed E-state index contributed by atoms with van der Waals surface area (Å²) in [6.07, 6.45) is 5.19. The lowest BCUT2D eigenvalue weighted by Crippen LogP contribution is -2.53. The lowest BCUT2D eigenvalue weighted by molar-refractivity contribution is -0.0521. The van der Waals surface area contributed by atoms with Gasteiger partial charge in [-0.1, -0.05) is 35.9 Å². The molecule has 2 heterocycles. The number of hydrogen-bond acceptors (Lipinski definition) is 4. The molecule has 3 unspecified atom stereocenters. The minimum atomic E-state index is -0.973. The van der Waals surface area contributed by atoms with Crippen molar-refractivity contribution < 1.29 is 9.52 Å². The van der Waals surface area contributed by atoms with Crippen molar-refractivity contribution in [1.29, 1.82) is 0 Å². The Hall–Kier alpha value is -1.59. The third-order valence-corrected chi connectivity index (χ3v) is 7.18. The second-order valence-electron chi connectivity index (χ2n) is 9.10. The van der Waals surface area contributed by atoms with Crippen LogP contribution in [0.4, 0.5) is 0 Å². The third kappa shape index (κ3) is 4.67. The van der Waals surface area contributed by atoms with E-state index in [9.17, 15) is 5.11 Å². The Kier molecular flexibility index (Phi) is 6.69. The number of rotatable bonds is 5. The molecule has 1 aliphatic carbocycles. The van der Waals surface area contributed by atoms with Gasteiger partial charge in [-0.3, -0.25) is 0 Å². The molecule has 0 amide bonds. The van der Waals surface area contributed by atoms with Crippen LogP contribution in [-0.4, -0.2) is 60.3 Å². The Morgan fingerprint density at radius 3 is 2.70 bits per heavy atom. The van der Waals surface area contributed by atoms with E-state index in [1.54, 1.807) is 6.26 Å². The zero-order valence-electron chi connectivity index (χ0n) is 17.9. The molecule has 5 heteroatoms. The Bertz CT molecular complexity index is 845. The van der Waals surface area contributed by atoms with E-state index >= 15 is 0 Å². The van der Waals surface area contributed by atoms with E-state index in [4.69, 9.17) is 16.0 Å². The summed E-state index contributed by atoms with van der Waals surface area (Å²) in [6.45, 7) is 9.54. The van der Waals surface area contributed by atoms with Crippen LogP contribution < -0.4 is 0 Å². The van der Waals surface area contributed by atoms with Crippen LogP contribution >= 0.6 is 11.6 Å². The monoisotopic (exact) mass is 428 g/mol.